The van der Waals surface area contributed by atoms with Gasteiger partial charge in [-0.25, -0.2) is 4.98 Å². The molecular weight excluding hydrogens is 326 g/mol. The summed E-state index contributed by atoms with van der Waals surface area (Å²) in [5.41, 5.74) is 1.16. The molecule has 0 saturated carbocycles. The standard InChI is InChI=1S/C20H27N5O/c1-22-8-10-23(11-9-22)16-20(26)25-14-12-24(13-15-25)19-7-6-17-4-2-3-5-18(17)21-19/h2-7H,8-16H2,1H3/p+3. The molecule has 0 bridgehead atoms. The average molecular weight is 356 g/mol. The number of benzene rings is 1. The van der Waals surface area contributed by atoms with Gasteiger partial charge in [-0.15, -0.1) is 0 Å². The summed E-state index contributed by atoms with van der Waals surface area (Å²) in [6.45, 7) is 8.66. The van der Waals surface area contributed by atoms with Crippen molar-refractivity contribution < 1.29 is 19.6 Å². The number of nitrogens with one attached hydrogen (secondary N) is 3. The third-order valence-corrected chi connectivity index (χ3v) is 5.83. The van der Waals surface area contributed by atoms with Crippen LogP contribution in [0.2, 0.25) is 0 Å². The van der Waals surface area contributed by atoms with Crippen LogP contribution in [0.3, 0.4) is 0 Å². The first-order valence-electron chi connectivity index (χ1n) is 9.78. The van der Waals surface area contributed by atoms with Crippen molar-refractivity contribution in [2.45, 2.75) is 0 Å². The SMILES string of the molecule is C[NH+]1CC[NH+](CC(=O)N2CCN(c3ccc4ccccc4[nH+]3)CC2)CC1. The summed E-state index contributed by atoms with van der Waals surface area (Å²) in [6.07, 6.45) is 0. The minimum atomic E-state index is 0.321. The number of para-hydroxylation sites is 1. The largest absolute Gasteiger partial charge is 0.330 e. The minimum absolute atomic E-state index is 0.321. The number of pyridine rings is 1. The van der Waals surface area contributed by atoms with E-state index in [-0.39, 0.29) is 0 Å². The number of anilines is 1. The number of likely N-dealkylation sites (N-methyl/N-ethyl adjacent to an activating group) is 1. The molecule has 3 N–H and O–H groups in total. The number of hydrogen-bond donors (Lipinski definition) is 2. The number of piperazine rings is 2. The Morgan fingerprint density at radius 1 is 1.00 bits per heavy atom. The van der Waals surface area contributed by atoms with Gasteiger partial charge in [-0.2, -0.15) is 0 Å². The first kappa shape index (κ1) is 17.2. The first-order chi connectivity index (χ1) is 12.7. The van der Waals surface area contributed by atoms with Gasteiger partial charge in [0.05, 0.1) is 20.1 Å². The van der Waals surface area contributed by atoms with Crippen molar-refractivity contribution >= 4 is 22.6 Å². The van der Waals surface area contributed by atoms with Crippen LogP contribution in [0.25, 0.3) is 10.9 Å². The lowest BCUT2D eigenvalue weighted by molar-refractivity contribution is -1.000. The van der Waals surface area contributed by atoms with Crippen molar-refractivity contribution in [2.75, 3.05) is 70.9 Å². The van der Waals surface area contributed by atoms with E-state index in [0.717, 1.165) is 50.6 Å². The van der Waals surface area contributed by atoms with Crippen molar-refractivity contribution in [3.63, 3.8) is 0 Å². The summed E-state index contributed by atoms with van der Waals surface area (Å²) in [7, 11) is 2.24. The van der Waals surface area contributed by atoms with Gasteiger partial charge >= 0.3 is 0 Å². The number of H-pyrrole nitrogens is 1. The van der Waals surface area contributed by atoms with E-state index in [0.29, 0.717) is 12.5 Å². The molecule has 4 rings (SSSR count). The van der Waals surface area contributed by atoms with Crippen LogP contribution >= 0.6 is 0 Å². The van der Waals surface area contributed by atoms with Crippen molar-refractivity contribution in [2.24, 2.45) is 0 Å². The molecule has 3 heterocycles. The molecule has 2 aromatic rings. The Bertz CT molecular complexity index is 764. The maximum atomic E-state index is 12.6. The van der Waals surface area contributed by atoms with Crippen LogP contribution in [-0.4, -0.2) is 76.8 Å². The molecule has 1 amide bonds. The second-order valence-electron chi connectivity index (χ2n) is 7.68. The van der Waals surface area contributed by atoms with E-state index >= 15 is 0 Å². The first-order valence-corrected chi connectivity index (χ1v) is 9.78. The van der Waals surface area contributed by atoms with Crippen molar-refractivity contribution in [1.82, 2.24) is 4.90 Å². The predicted octanol–water partition coefficient (Wildman–Crippen LogP) is -2.28. The van der Waals surface area contributed by atoms with Gasteiger partial charge in [-0.3, -0.25) is 9.69 Å². The zero-order valence-corrected chi connectivity index (χ0v) is 15.6. The number of rotatable bonds is 3. The Morgan fingerprint density at radius 3 is 2.50 bits per heavy atom. The zero-order chi connectivity index (χ0) is 17.9. The topological polar surface area (TPSA) is 46.6 Å². The van der Waals surface area contributed by atoms with Crippen LogP contribution in [0, 0.1) is 0 Å². The molecule has 0 aliphatic carbocycles. The van der Waals surface area contributed by atoms with Crippen molar-refractivity contribution in [3.05, 3.63) is 36.4 Å². The van der Waals surface area contributed by atoms with E-state index < -0.39 is 0 Å². The molecule has 6 nitrogen and oxygen atoms in total. The summed E-state index contributed by atoms with van der Waals surface area (Å²) in [4.78, 5) is 23.6. The van der Waals surface area contributed by atoms with E-state index in [9.17, 15) is 4.79 Å². The highest BCUT2D eigenvalue weighted by atomic mass is 16.2. The highest BCUT2D eigenvalue weighted by Crippen LogP contribution is 2.15. The van der Waals surface area contributed by atoms with Crippen molar-refractivity contribution in [3.8, 4) is 0 Å². The molecule has 1 aromatic heterocycles. The lowest BCUT2D eigenvalue weighted by Crippen LogP contribution is -3.27. The molecule has 0 unspecified atom stereocenters. The van der Waals surface area contributed by atoms with Gasteiger partial charge < -0.3 is 14.7 Å². The number of aromatic amines is 1. The van der Waals surface area contributed by atoms with E-state index in [1.165, 1.54) is 23.4 Å². The number of amides is 1. The molecule has 2 saturated heterocycles. The van der Waals surface area contributed by atoms with E-state index in [1.54, 1.807) is 4.90 Å². The van der Waals surface area contributed by atoms with E-state index in [2.05, 4.69) is 58.2 Å². The fourth-order valence-electron chi connectivity index (χ4n) is 4.02. The third-order valence-electron chi connectivity index (χ3n) is 5.83. The third kappa shape index (κ3) is 3.81. The lowest BCUT2D eigenvalue weighted by Gasteiger charge is -2.33. The number of carbonyl (C=O) groups is 1. The van der Waals surface area contributed by atoms with Gasteiger partial charge in [0.25, 0.3) is 11.7 Å². The van der Waals surface area contributed by atoms with Crippen LogP contribution < -0.4 is 19.7 Å². The molecule has 26 heavy (non-hydrogen) atoms. The molecule has 6 heteroatoms. The predicted molar refractivity (Wildman–Crippen MR) is 101 cm³/mol. The molecule has 2 aliphatic heterocycles. The average Bonchev–Trinajstić information content (AvgIpc) is 2.69. The molecule has 0 atom stereocenters. The Hall–Kier alpha value is -2.18. The number of fused-ring (bicyclic) bond motifs is 1. The summed E-state index contributed by atoms with van der Waals surface area (Å²) in [5, 5.41) is 1.22. The second-order valence-corrected chi connectivity index (χ2v) is 7.68. The number of carbonyl (C=O) groups excluding carboxylic acids is 1. The van der Waals surface area contributed by atoms with Crippen molar-refractivity contribution in [1.29, 1.82) is 0 Å². The summed E-state index contributed by atoms with van der Waals surface area (Å²) < 4.78 is 0. The fraction of sp³-hybridized carbons (Fsp3) is 0.500. The van der Waals surface area contributed by atoms with Gasteiger partial charge in [0, 0.05) is 11.5 Å². The number of hydrogen-bond acceptors (Lipinski definition) is 2. The zero-order valence-electron chi connectivity index (χ0n) is 15.6. The van der Waals surface area contributed by atoms with Gasteiger partial charge in [-0.1, -0.05) is 18.2 Å². The maximum absolute atomic E-state index is 12.6. The van der Waals surface area contributed by atoms with Crippen LogP contribution in [0.15, 0.2) is 36.4 Å². The van der Waals surface area contributed by atoms with E-state index in [1.807, 2.05) is 0 Å². The maximum Gasteiger partial charge on any atom is 0.278 e. The van der Waals surface area contributed by atoms with Gasteiger partial charge in [0.1, 0.15) is 44.8 Å². The van der Waals surface area contributed by atoms with Crippen LogP contribution in [0.1, 0.15) is 0 Å². The second kappa shape index (κ2) is 7.60. The number of nitrogens with zero attached hydrogens (tertiary/aromatic N) is 2. The Labute approximate surface area is 155 Å². The van der Waals surface area contributed by atoms with Crippen LogP contribution in [0.5, 0.6) is 0 Å². The molecule has 0 radical (unpaired) electrons. The van der Waals surface area contributed by atoms with Gasteiger partial charge in [-0.05, 0) is 12.1 Å². The molecule has 1 aromatic carbocycles. The Morgan fingerprint density at radius 2 is 1.73 bits per heavy atom. The van der Waals surface area contributed by atoms with Gasteiger partial charge in [0.2, 0.25) is 0 Å². The van der Waals surface area contributed by atoms with Gasteiger partial charge in [0.15, 0.2) is 6.54 Å². The summed E-state index contributed by atoms with van der Waals surface area (Å²) in [5.74, 6) is 1.46. The normalized spacial score (nSPS) is 24.0. The Kier molecular flexibility index (Phi) is 5.04. The molecular formula is C20H30N5O+3. The van der Waals surface area contributed by atoms with E-state index in [4.69, 9.17) is 0 Å². The molecule has 2 fully saturated rings. The number of quaternary nitrogens is 2. The quantitative estimate of drug-likeness (QED) is 0.651. The minimum Gasteiger partial charge on any atom is -0.330 e. The van der Waals surface area contributed by atoms with Crippen LogP contribution in [-0.2, 0) is 4.79 Å². The smallest absolute Gasteiger partial charge is 0.278 e. The summed E-state index contributed by atoms with van der Waals surface area (Å²) >= 11 is 0. The molecule has 138 valence electrons. The summed E-state index contributed by atoms with van der Waals surface area (Å²) in [6, 6.07) is 12.7. The Balaban J connectivity index is 1.32. The highest BCUT2D eigenvalue weighted by molar-refractivity contribution is 5.78. The lowest BCUT2D eigenvalue weighted by atomic mass is 10.2. The molecule has 0 spiro atoms. The van der Waals surface area contributed by atoms with Crippen LogP contribution in [0.4, 0.5) is 5.82 Å². The fourth-order valence-corrected chi connectivity index (χ4v) is 4.02. The highest BCUT2D eigenvalue weighted by Gasteiger charge is 2.29. The monoisotopic (exact) mass is 356 g/mol. The molecule has 2 aliphatic rings. The number of aromatic nitrogens is 1.